The highest BCUT2D eigenvalue weighted by molar-refractivity contribution is 5.75. The van der Waals surface area contributed by atoms with Crippen LogP contribution in [-0.4, -0.2) is 10.5 Å². The van der Waals surface area contributed by atoms with Gasteiger partial charge in [-0.15, -0.1) is 0 Å². The number of nitro groups is 1. The summed E-state index contributed by atoms with van der Waals surface area (Å²) in [6, 6.07) is 16.9. The predicted octanol–water partition coefficient (Wildman–Crippen LogP) is 6.25. The molecule has 27 heavy (non-hydrogen) atoms. The van der Waals surface area contributed by atoms with Crippen LogP contribution in [0, 0.1) is 10.1 Å². The molecule has 1 saturated heterocycles. The molecule has 3 rings (SSSR count). The first kappa shape index (κ1) is 19.1. The van der Waals surface area contributed by atoms with Gasteiger partial charge in [0.05, 0.1) is 10.5 Å². The first-order chi connectivity index (χ1) is 12.7. The molecular formula is C23H25NO3. The highest BCUT2D eigenvalue weighted by Gasteiger charge is 2.43. The van der Waals surface area contributed by atoms with Gasteiger partial charge in [0.15, 0.2) is 0 Å². The van der Waals surface area contributed by atoms with Gasteiger partial charge in [0.2, 0.25) is 0 Å². The van der Waals surface area contributed by atoms with E-state index in [4.69, 9.17) is 4.74 Å². The summed E-state index contributed by atoms with van der Waals surface area (Å²) in [6.45, 7) is 10.5. The van der Waals surface area contributed by atoms with Crippen molar-refractivity contribution in [3.05, 3.63) is 92.6 Å². The molecular weight excluding hydrogens is 338 g/mol. The number of benzene rings is 2. The third-order valence-electron chi connectivity index (χ3n) is 5.06. The van der Waals surface area contributed by atoms with Crippen molar-refractivity contribution in [3.8, 4) is 0 Å². The van der Waals surface area contributed by atoms with Gasteiger partial charge in [0, 0.05) is 12.1 Å². The zero-order valence-corrected chi connectivity index (χ0v) is 16.4. The first-order valence-electron chi connectivity index (χ1n) is 9.09. The fourth-order valence-corrected chi connectivity index (χ4v) is 3.97. The average Bonchev–Trinajstić information content (AvgIpc) is 2.93. The minimum atomic E-state index is -0.434. The molecule has 1 fully saturated rings. The van der Waals surface area contributed by atoms with Crippen LogP contribution in [0.3, 0.4) is 0 Å². The van der Waals surface area contributed by atoms with Crippen molar-refractivity contribution in [2.45, 2.75) is 46.3 Å². The summed E-state index contributed by atoms with van der Waals surface area (Å²) in [6.07, 6.45) is -0.258. The standard InChI is InChI=1S/C23H25NO3/c1-15(2)21-20(16(3)17-9-7-6-8-10-17)22(27-23(21,4)5)18-11-13-19(14-12-18)24(25)26/h6-14,22H,1-5H3/b20-16+. The number of rotatable bonds is 3. The Morgan fingerprint density at radius 3 is 2.11 bits per heavy atom. The Hall–Kier alpha value is -2.72. The van der Waals surface area contributed by atoms with E-state index < -0.39 is 5.60 Å². The number of hydrogen-bond acceptors (Lipinski definition) is 3. The van der Waals surface area contributed by atoms with E-state index in [9.17, 15) is 10.1 Å². The number of allylic oxidation sites excluding steroid dienone is 2. The van der Waals surface area contributed by atoms with E-state index in [0.29, 0.717) is 0 Å². The number of hydrogen-bond donors (Lipinski definition) is 0. The maximum Gasteiger partial charge on any atom is 0.269 e. The second-order valence-corrected chi connectivity index (χ2v) is 7.64. The smallest absolute Gasteiger partial charge is 0.269 e. The molecule has 0 saturated carbocycles. The van der Waals surface area contributed by atoms with Crippen LogP contribution in [-0.2, 0) is 4.74 Å². The van der Waals surface area contributed by atoms with E-state index in [1.54, 1.807) is 24.3 Å². The predicted molar refractivity (Wildman–Crippen MR) is 108 cm³/mol. The van der Waals surface area contributed by atoms with Crippen molar-refractivity contribution in [2.24, 2.45) is 0 Å². The quantitative estimate of drug-likeness (QED) is 0.478. The SMILES string of the molecule is CC(C)=C1/C(=C(/C)c2ccccc2)C(c2ccc([N+](=O)[O-])cc2)OC1(C)C. The van der Waals surface area contributed by atoms with Crippen molar-refractivity contribution < 1.29 is 9.66 Å². The Morgan fingerprint density at radius 2 is 1.59 bits per heavy atom. The van der Waals surface area contributed by atoms with Crippen molar-refractivity contribution in [2.75, 3.05) is 0 Å². The summed E-state index contributed by atoms with van der Waals surface area (Å²) in [7, 11) is 0. The Kier molecular flexibility index (Phi) is 5.03. The van der Waals surface area contributed by atoms with Crippen LogP contribution >= 0.6 is 0 Å². The summed E-state index contributed by atoms with van der Waals surface area (Å²) >= 11 is 0. The Morgan fingerprint density at radius 1 is 1.00 bits per heavy atom. The van der Waals surface area contributed by atoms with Crippen LogP contribution in [0.1, 0.15) is 51.8 Å². The fraction of sp³-hybridized carbons (Fsp3) is 0.304. The van der Waals surface area contributed by atoms with Gasteiger partial charge < -0.3 is 4.74 Å². The molecule has 0 N–H and O–H groups in total. The van der Waals surface area contributed by atoms with Crippen LogP contribution in [0.5, 0.6) is 0 Å². The van der Waals surface area contributed by atoms with E-state index in [0.717, 1.165) is 16.7 Å². The molecule has 1 unspecified atom stereocenters. The van der Waals surface area contributed by atoms with Gasteiger partial charge in [0.1, 0.15) is 6.10 Å². The molecule has 0 aromatic heterocycles. The lowest BCUT2D eigenvalue weighted by Crippen LogP contribution is -2.21. The van der Waals surface area contributed by atoms with E-state index in [2.05, 4.69) is 46.8 Å². The van der Waals surface area contributed by atoms with E-state index in [1.807, 2.05) is 18.2 Å². The monoisotopic (exact) mass is 363 g/mol. The molecule has 2 aromatic carbocycles. The molecule has 140 valence electrons. The molecule has 0 bridgehead atoms. The molecule has 1 aliphatic rings. The molecule has 4 heteroatoms. The van der Waals surface area contributed by atoms with Gasteiger partial charge in [-0.2, -0.15) is 0 Å². The molecule has 1 atom stereocenters. The Labute approximate surface area is 160 Å². The maximum atomic E-state index is 11.0. The number of ether oxygens (including phenoxy) is 1. The molecule has 0 amide bonds. The molecule has 1 aliphatic heterocycles. The van der Waals surface area contributed by atoms with Crippen molar-refractivity contribution in [1.29, 1.82) is 0 Å². The summed E-state index contributed by atoms with van der Waals surface area (Å²) in [5.41, 5.74) is 6.47. The van der Waals surface area contributed by atoms with Gasteiger partial charge in [-0.25, -0.2) is 0 Å². The summed E-state index contributed by atoms with van der Waals surface area (Å²) < 4.78 is 6.48. The molecule has 0 aliphatic carbocycles. The van der Waals surface area contributed by atoms with Crippen LogP contribution in [0.4, 0.5) is 5.69 Å². The molecule has 4 nitrogen and oxygen atoms in total. The number of non-ortho nitro benzene ring substituents is 1. The lowest BCUT2D eigenvalue weighted by molar-refractivity contribution is -0.384. The van der Waals surface area contributed by atoms with E-state index in [-0.39, 0.29) is 16.7 Å². The molecule has 1 heterocycles. The Balaban J connectivity index is 2.20. The highest BCUT2D eigenvalue weighted by atomic mass is 16.6. The molecule has 0 spiro atoms. The minimum absolute atomic E-state index is 0.0868. The van der Waals surface area contributed by atoms with Gasteiger partial charge in [-0.05, 0) is 74.6 Å². The number of nitro benzene ring substituents is 1. The minimum Gasteiger partial charge on any atom is -0.358 e. The van der Waals surface area contributed by atoms with Crippen molar-refractivity contribution in [3.63, 3.8) is 0 Å². The third-order valence-corrected chi connectivity index (χ3v) is 5.06. The fourth-order valence-electron chi connectivity index (χ4n) is 3.97. The third kappa shape index (κ3) is 3.58. The highest BCUT2D eigenvalue weighted by Crippen LogP contribution is 2.51. The van der Waals surface area contributed by atoms with Gasteiger partial charge in [-0.1, -0.05) is 35.9 Å². The second kappa shape index (κ2) is 7.12. The molecule has 2 aromatic rings. The van der Waals surface area contributed by atoms with Gasteiger partial charge in [-0.3, -0.25) is 10.1 Å². The van der Waals surface area contributed by atoms with E-state index in [1.165, 1.54) is 16.7 Å². The first-order valence-corrected chi connectivity index (χ1v) is 9.09. The summed E-state index contributed by atoms with van der Waals surface area (Å²) in [5, 5.41) is 11.0. The zero-order chi connectivity index (χ0) is 19.8. The van der Waals surface area contributed by atoms with Crippen LogP contribution in [0.25, 0.3) is 5.57 Å². The topological polar surface area (TPSA) is 52.4 Å². The lowest BCUT2D eigenvalue weighted by atomic mass is 9.83. The van der Waals surface area contributed by atoms with Gasteiger partial charge >= 0.3 is 0 Å². The zero-order valence-electron chi connectivity index (χ0n) is 16.4. The van der Waals surface area contributed by atoms with E-state index >= 15 is 0 Å². The molecule has 0 radical (unpaired) electrons. The normalized spacial score (nSPS) is 20.5. The lowest BCUT2D eigenvalue weighted by Gasteiger charge is -2.21. The average molecular weight is 363 g/mol. The Bertz CT molecular complexity index is 918. The maximum absolute atomic E-state index is 11.0. The summed E-state index contributed by atoms with van der Waals surface area (Å²) in [4.78, 5) is 10.6. The van der Waals surface area contributed by atoms with Crippen molar-refractivity contribution in [1.82, 2.24) is 0 Å². The van der Waals surface area contributed by atoms with Crippen LogP contribution < -0.4 is 0 Å². The van der Waals surface area contributed by atoms with Gasteiger partial charge in [0.25, 0.3) is 5.69 Å². The van der Waals surface area contributed by atoms with Crippen LogP contribution in [0.2, 0.25) is 0 Å². The second-order valence-electron chi connectivity index (χ2n) is 7.64. The largest absolute Gasteiger partial charge is 0.358 e. The number of nitrogens with zero attached hydrogens (tertiary/aromatic N) is 1. The van der Waals surface area contributed by atoms with Crippen molar-refractivity contribution >= 4 is 11.3 Å². The summed E-state index contributed by atoms with van der Waals surface area (Å²) in [5.74, 6) is 0. The van der Waals surface area contributed by atoms with Crippen LogP contribution in [0.15, 0.2) is 71.3 Å².